The molecule has 1 aliphatic heterocycles. The van der Waals surface area contributed by atoms with Gasteiger partial charge >= 0.3 is 0 Å². The fraction of sp³-hybridized carbons (Fsp3) is 0.111. The highest BCUT2D eigenvalue weighted by atomic mass is 79.9. The number of amides is 1. The number of hydrogen-bond acceptors (Lipinski definition) is 5. The summed E-state index contributed by atoms with van der Waals surface area (Å²) in [7, 11) is 1.45. The first-order chi connectivity index (χ1) is 12.3. The van der Waals surface area contributed by atoms with Gasteiger partial charge in [-0.2, -0.15) is 0 Å². The normalized spacial score (nSPS) is 19.0. The van der Waals surface area contributed by atoms with Gasteiger partial charge < -0.3 is 10.0 Å². The second-order valence-electron chi connectivity index (χ2n) is 5.77. The van der Waals surface area contributed by atoms with Gasteiger partial charge in [0.15, 0.2) is 0 Å². The van der Waals surface area contributed by atoms with Gasteiger partial charge in [-0.25, -0.2) is 0 Å². The maximum atomic E-state index is 12.4. The summed E-state index contributed by atoms with van der Waals surface area (Å²) in [5.74, 6) is -1.83. The molecule has 26 heavy (non-hydrogen) atoms. The maximum absolute atomic E-state index is 12.4. The van der Waals surface area contributed by atoms with E-state index in [9.17, 15) is 24.8 Å². The van der Waals surface area contributed by atoms with E-state index in [1.54, 1.807) is 24.3 Å². The Bertz CT molecular complexity index is 935. The first-order valence-electron chi connectivity index (χ1n) is 7.56. The first-order valence-corrected chi connectivity index (χ1v) is 8.35. The molecular weight excluding hydrogens is 404 g/mol. The molecule has 1 atom stereocenters. The summed E-state index contributed by atoms with van der Waals surface area (Å²) in [5.41, 5.74) is 0.742. The smallest absolute Gasteiger partial charge is 0.295 e. The van der Waals surface area contributed by atoms with E-state index in [1.807, 2.05) is 0 Å². The number of rotatable bonds is 3. The van der Waals surface area contributed by atoms with Crippen molar-refractivity contribution in [3.8, 4) is 0 Å². The van der Waals surface area contributed by atoms with E-state index in [4.69, 9.17) is 0 Å². The highest BCUT2D eigenvalue weighted by Gasteiger charge is 2.44. The van der Waals surface area contributed by atoms with Crippen LogP contribution in [-0.2, 0) is 9.59 Å². The first kappa shape index (κ1) is 17.8. The number of nitro benzene ring substituents is 1. The Kier molecular flexibility index (Phi) is 4.60. The molecule has 0 bridgehead atoms. The Hall–Kier alpha value is -3.00. The summed E-state index contributed by atoms with van der Waals surface area (Å²) in [6.07, 6.45) is 0. The van der Waals surface area contributed by atoms with Crippen LogP contribution in [-0.4, -0.2) is 33.7 Å². The van der Waals surface area contributed by atoms with Crippen molar-refractivity contribution in [2.24, 2.45) is 0 Å². The number of nitro groups is 1. The van der Waals surface area contributed by atoms with Crippen molar-refractivity contribution in [1.29, 1.82) is 0 Å². The minimum absolute atomic E-state index is 0.0475. The summed E-state index contributed by atoms with van der Waals surface area (Å²) in [4.78, 5) is 36.1. The van der Waals surface area contributed by atoms with Crippen LogP contribution in [0.5, 0.6) is 0 Å². The summed E-state index contributed by atoms with van der Waals surface area (Å²) in [6, 6.07) is 11.4. The minimum Gasteiger partial charge on any atom is -0.507 e. The molecule has 0 aromatic heterocycles. The van der Waals surface area contributed by atoms with Crippen molar-refractivity contribution in [3.05, 3.63) is 79.8 Å². The molecule has 1 saturated heterocycles. The average molecular weight is 417 g/mol. The number of likely N-dealkylation sites (N-methyl/N-ethyl adjacent to an activating group) is 1. The molecule has 0 aliphatic carbocycles. The number of Topliss-reactive ketones (excluding diaryl/α,β-unsaturated/α-hetero) is 1. The van der Waals surface area contributed by atoms with Crippen LogP contribution in [0.4, 0.5) is 5.69 Å². The van der Waals surface area contributed by atoms with Crippen LogP contribution in [0.2, 0.25) is 0 Å². The van der Waals surface area contributed by atoms with Crippen molar-refractivity contribution >= 4 is 39.1 Å². The van der Waals surface area contributed by atoms with Crippen LogP contribution < -0.4 is 0 Å². The molecule has 1 N–H and O–H groups in total. The lowest BCUT2D eigenvalue weighted by Gasteiger charge is -2.20. The number of aliphatic hydroxyl groups is 1. The van der Waals surface area contributed by atoms with Gasteiger partial charge in [0.2, 0.25) is 0 Å². The monoisotopic (exact) mass is 416 g/mol. The standard InChI is InChI=1S/C18H13BrN2O5/c1-20-15(10-4-8-13(9-5-10)21(25)26)14(17(23)18(20)24)16(22)11-2-6-12(19)7-3-11/h2-9,15,22H,1H3/b16-14-/t15-/m0/s1. The van der Waals surface area contributed by atoms with Crippen LogP contribution in [0.25, 0.3) is 5.76 Å². The van der Waals surface area contributed by atoms with E-state index in [0.717, 1.165) is 4.47 Å². The topological polar surface area (TPSA) is 101 Å². The van der Waals surface area contributed by atoms with Gasteiger partial charge in [0, 0.05) is 29.2 Å². The summed E-state index contributed by atoms with van der Waals surface area (Å²) in [5, 5.41) is 21.5. The third kappa shape index (κ3) is 2.99. The van der Waals surface area contributed by atoms with Gasteiger partial charge in [-0.1, -0.05) is 28.1 Å². The van der Waals surface area contributed by atoms with E-state index in [-0.39, 0.29) is 17.0 Å². The summed E-state index contributed by atoms with van der Waals surface area (Å²) < 4.78 is 0.803. The third-order valence-corrected chi connectivity index (χ3v) is 4.74. The van der Waals surface area contributed by atoms with E-state index < -0.39 is 22.7 Å². The molecule has 1 aliphatic rings. The van der Waals surface area contributed by atoms with Crippen molar-refractivity contribution in [2.75, 3.05) is 7.05 Å². The highest BCUT2D eigenvalue weighted by Crippen LogP contribution is 2.38. The number of likely N-dealkylation sites (tertiary alicyclic amines) is 1. The molecule has 0 unspecified atom stereocenters. The minimum atomic E-state index is -0.820. The number of aliphatic hydroxyl groups excluding tert-OH is 1. The third-order valence-electron chi connectivity index (χ3n) is 4.21. The molecule has 1 amide bonds. The Morgan fingerprint density at radius 2 is 1.69 bits per heavy atom. The molecular formula is C18H13BrN2O5. The quantitative estimate of drug-likeness (QED) is 0.271. The SMILES string of the molecule is CN1C(=O)C(=O)/C(=C(\O)c2ccc(Br)cc2)[C@@H]1c1ccc([N+](=O)[O-])cc1. The zero-order valence-electron chi connectivity index (χ0n) is 13.5. The van der Waals surface area contributed by atoms with Crippen molar-refractivity contribution < 1.29 is 19.6 Å². The van der Waals surface area contributed by atoms with E-state index in [0.29, 0.717) is 11.1 Å². The number of carbonyl (C=O) groups excluding carboxylic acids is 2. The molecule has 1 fully saturated rings. The Labute approximate surface area is 156 Å². The molecule has 0 spiro atoms. The van der Waals surface area contributed by atoms with Gasteiger partial charge in [-0.05, 0) is 29.8 Å². The predicted octanol–water partition coefficient (Wildman–Crippen LogP) is 3.41. The van der Waals surface area contributed by atoms with E-state index in [2.05, 4.69) is 15.9 Å². The second kappa shape index (κ2) is 6.72. The fourth-order valence-electron chi connectivity index (χ4n) is 2.88. The number of carbonyl (C=O) groups is 2. The van der Waals surface area contributed by atoms with Crippen LogP contribution in [0.3, 0.4) is 0 Å². The predicted molar refractivity (Wildman–Crippen MR) is 97.3 cm³/mol. The van der Waals surface area contributed by atoms with Gasteiger partial charge in [0.25, 0.3) is 17.4 Å². The molecule has 2 aromatic carbocycles. The van der Waals surface area contributed by atoms with Crippen molar-refractivity contribution in [2.45, 2.75) is 6.04 Å². The molecule has 132 valence electrons. The van der Waals surface area contributed by atoms with Crippen LogP contribution in [0.15, 0.2) is 58.6 Å². The van der Waals surface area contributed by atoms with Gasteiger partial charge in [-0.15, -0.1) is 0 Å². The molecule has 7 nitrogen and oxygen atoms in total. The maximum Gasteiger partial charge on any atom is 0.295 e. The average Bonchev–Trinajstić information content (AvgIpc) is 2.86. The van der Waals surface area contributed by atoms with E-state index in [1.165, 1.54) is 36.2 Å². The van der Waals surface area contributed by atoms with E-state index >= 15 is 0 Å². The number of ketones is 1. The Balaban J connectivity index is 2.13. The second-order valence-corrected chi connectivity index (χ2v) is 6.68. The molecule has 2 aromatic rings. The van der Waals surface area contributed by atoms with Gasteiger partial charge in [-0.3, -0.25) is 19.7 Å². The lowest BCUT2D eigenvalue weighted by atomic mass is 9.95. The number of non-ortho nitro benzene ring substituents is 1. The number of benzene rings is 2. The van der Waals surface area contributed by atoms with Gasteiger partial charge in [0.05, 0.1) is 16.5 Å². The Morgan fingerprint density at radius 1 is 1.12 bits per heavy atom. The zero-order chi connectivity index (χ0) is 19.0. The van der Waals surface area contributed by atoms with Crippen LogP contribution in [0, 0.1) is 10.1 Å². The van der Waals surface area contributed by atoms with Crippen LogP contribution >= 0.6 is 15.9 Å². The molecule has 3 rings (SSSR count). The lowest BCUT2D eigenvalue weighted by Crippen LogP contribution is -2.24. The fourth-order valence-corrected chi connectivity index (χ4v) is 3.14. The van der Waals surface area contributed by atoms with Gasteiger partial charge in [0.1, 0.15) is 5.76 Å². The summed E-state index contributed by atoms with van der Waals surface area (Å²) in [6.45, 7) is 0. The number of hydrogen-bond donors (Lipinski definition) is 1. The highest BCUT2D eigenvalue weighted by molar-refractivity contribution is 9.10. The molecule has 1 heterocycles. The van der Waals surface area contributed by atoms with Crippen LogP contribution in [0.1, 0.15) is 17.2 Å². The Morgan fingerprint density at radius 3 is 2.23 bits per heavy atom. The van der Waals surface area contributed by atoms with Crippen molar-refractivity contribution in [1.82, 2.24) is 4.90 Å². The largest absolute Gasteiger partial charge is 0.507 e. The van der Waals surface area contributed by atoms with Crippen molar-refractivity contribution in [3.63, 3.8) is 0 Å². The summed E-state index contributed by atoms with van der Waals surface area (Å²) >= 11 is 3.29. The zero-order valence-corrected chi connectivity index (χ0v) is 15.1. The lowest BCUT2D eigenvalue weighted by molar-refractivity contribution is -0.384. The molecule has 0 saturated carbocycles. The number of nitrogens with zero attached hydrogens (tertiary/aromatic N) is 2. The number of halogens is 1. The molecule has 8 heteroatoms. The molecule has 0 radical (unpaired) electrons.